The van der Waals surface area contributed by atoms with Crippen LogP contribution in [0.3, 0.4) is 0 Å². The molecule has 0 saturated heterocycles. The Morgan fingerprint density at radius 2 is 2.04 bits per heavy atom. The molecule has 1 N–H and O–H groups in total. The lowest BCUT2D eigenvalue weighted by Crippen LogP contribution is -2.05. The van der Waals surface area contributed by atoms with E-state index in [-0.39, 0.29) is 0 Å². The number of hydrogen-bond donors (Lipinski definition) is 1. The lowest BCUT2D eigenvalue weighted by Gasteiger charge is -2.11. The van der Waals surface area contributed by atoms with Gasteiger partial charge in [-0.2, -0.15) is 0 Å². The maximum absolute atomic E-state index is 4.63. The Morgan fingerprint density at radius 1 is 1.12 bits per heavy atom. The summed E-state index contributed by atoms with van der Waals surface area (Å²) < 4.78 is 2.00. The number of nitrogens with one attached hydrogen (secondary N) is 1. The molecule has 4 aromatic heterocycles. The summed E-state index contributed by atoms with van der Waals surface area (Å²) in [4.78, 5) is 14.6. The number of pyridine rings is 2. The number of thiophene rings is 1. The lowest BCUT2D eigenvalue weighted by molar-refractivity contribution is 0.946. The highest BCUT2D eigenvalue weighted by atomic mass is 32.1. The standard InChI is InChI=1S/C19H19N5S/c1-3-13-7-15(18-5-4-6-25-18)20-9-14(13)10-21-19-8-17-16(11-22-19)23-12-24(17)2/h4-9,11-12H,3,10H2,1-2H3,(H,21,22). The minimum Gasteiger partial charge on any atom is -0.366 e. The molecule has 4 aromatic rings. The SMILES string of the molecule is CCc1cc(-c2cccs2)ncc1CNc1cc2c(cn1)ncn2C. The summed E-state index contributed by atoms with van der Waals surface area (Å²) in [5.41, 5.74) is 5.54. The molecule has 0 aromatic carbocycles. The molecule has 0 bridgehead atoms. The smallest absolute Gasteiger partial charge is 0.128 e. The molecule has 0 unspecified atom stereocenters. The van der Waals surface area contributed by atoms with Crippen LogP contribution in [0.15, 0.2) is 48.4 Å². The van der Waals surface area contributed by atoms with Crippen molar-refractivity contribution in [2.75, 3.05) is 5.32 Å². The van der Waals surface area contributed by atoms with Crippen molar-refractivity contribution in [2.24, 2.45) is 7.05 Å². The Balaban J connectivity index is 1.56. The van der Waals surface area contributed by atoms with E-state index in [1.807, 2.05) is 23.9 Å². The zero-order valence-corrected chi connectivity index (χ0v) is 15.0. The van der Waals surface area contributed by atoms with E-state index in [2.05, 4.69) is 50.8 Å². The van der Waals surface area contributed by atoms with E-state index in [4.69, 9.17) is 0 Å². The van der Waals surface area contributed by atoms with Crippen molar-refractivity contribution in [3.05, 3.63) is 59.5 Å². The van der Waals surface area contributed by atoms with Gasteiger partial charge in [0.15, 0.2) is 0 Å². The third-order valence-electron chi connectivity index (χ3n) is 4.31. The number of hydrogen-bond acceptors (Lipinski definition) is 5. The molecule has 0 aliphatic carbocycles. The van der Waals surface area contributed by atoms with Crippen LogP contribution in [-0.2, 0) is 20.0 Å². The first-order chi connectivity index (χ1) is 12.2. The van der Waals surface area contributed by atoms with E-state index in [0.29, 0.717) is 6.54 Å². The molecule has 0 atom stereocenters. The molecule has 5 nitrogen and oxygen atoms in total. The Hall–Kier alpha value is -2.73. The summed E-state index contributed by atoms with van der Waals surface area (Å²) >= 11 is 1.72. The molecule has 0 radical (unpaired) electrons. The first-order valence-electron chi connectivity index (χ1n) is 8.27. The number of aromatic nitrogens is 4. The molecule has 0 fully saturated rings. The maximum Gasteiger partial charge on any atom is 0.128 e. The minimum absolute atomic E-state index is 0.706. The van der Waals surface area contributed by atoms with Crippen molar-refractivity contribution < 1.29 is 0 Å². The number of aryl methyl sites for hydroxylation is 2. The summed E-state index contributed by atoms with van der Waals surface area (Å²) in [5, 5.41) is 5.49. The summed E-state index contributed by atoms with van der Waals surface area (Å²) in [6, 6.07) is 8.39. The van der Waals surface area contributed by atoms with Crippen LogP contribution in [-0.4, -0.2) is 19.5 Å². The fourth-order valence-corrected chi connectivity index (χ4v) is 3.58. The van der Waals surface area contributed by atoms with Crippen molar-refractivity contribution in [3.63, 3.8) is 0 Å². The van der Waals surface area contributed by atoms with Gasteiger partial charge < -0.3 is 9.88 Å². The summed E-state index contributed by atoms with van der Waals surface area (Å²) in [6.07, 6.45) is 6.56. The average Bonchev–Trinajstić information content (AvgIpc) is 3.30. The van der Waals surface area contributed by atoms with Crippen LogP contribution in [0.5, 0.6) is 0 Å². The van der Waals surface area contributed by atoms with Crippen LogP contribution >= 0.6 is 11.3 Å². The van der Waals surface area contributed by atoms with Crippen molar-refractivity contribution in [2.45, 2.75) is 19.9 Å². The van der Waals surface area contributed by atoms with Crippen LogP contribution in [0, 0.1) is 0 Å². The van der Waals surface area contributed by atoms with Gasteiger partial charge in [-0.25, -0.2) is 9.97 Å². The van der Waals surface area contributed by atoms with Gasteiger partial charge in [-0.15, -0.1) is 11.3 Å². The molecule has 4 rings (SSSR count). The lowest BCUT2D eigenvalue weighted by atomic mass is 10.1. The highest BCUT2D eigenvalue weighted by Crippen LogP contribution is 2.25. The second-order valence-electron chi connectivity index (χ2n) is 5.94. The number of anilines is 1. The molecule has 0 aliphatic rings. The van der Waals surface area contributed by atoms with E-state index in [1.165, 1.54) is 16.0 Å². The molecular formula is C19H19N5S. The van der Waals surface area contributed by atoms with Crippen LogP contribution in [0.25, 0.3) is 21.6 Å². The van der Waals surface area contributed by atoms with E-state index < -0.39 is 0 Å². The summed E-state index contributed by atoms with van der Waals surface area (Å²) in [6.45, 7) is 2.88. The topological polar surface area (TPSA) is 55.6 Å². The molecule has 25 heavy (non-hydrogen) atoms. The molecule has 0 spiro atoms. The minimum atomic E-state index is 0.706. The zero-order valence-electron chi connectivity index (χ0n) is 14.2. The first kappa shape index (κ1) is 15.8. The normalized spacial score (nSPS) is 11.1. The third kappa shape index (κ3) is 3.13. The van der Waals surface area contributed by atoms with Gasteiger partial charge in [0.05, 0.1) is 28.6 Å². The third-order valence-corrected chi connectivity index (χ3v) is 5.20. The summed E-state index contributed by atoms with van der Waals surface area (Å²) in [5.74, 6) is 0.848. The Bertz CT molecular complexity index is 1000. The van der Waals surface area contributed by atoms with Gasteiger partial charge in [0.25, 0.3) is 0 Å². The highest BCUT2D eigenvalue weighted by molar-refractivity contribution is 7.13. The number of fused-ring (bicyclic) bond motifs is 1. The van der Waals surface area contributed by atoms with E-state index in [1.54, 1.807) is 23.9 Å². The van der Waals surface area contributed by atoms with Gasteiger partial charge in [-0.3, -0.25) is 4.98 Å². The fourth-order valence-electron chi connectivity index (χ4n) is 2.89. The second-order valence-corrected chi connectivity index (χ2v) is 6.88. The predicted octanol–water partition coefficient (Wildman–Crippen LogP) is 4.27. The number of nitrogens with zero attached hydrogens (tertiary/aromatic N) is 4. The quantitative estimate of drug-likeness (QED) is 0.585. The second kappa shape index (κ2) is 6.64. The van der Waals surface area contributed by atoms with Crippen molar-refractivity contribution in [3.8, 4) is 10.6 Å². The van der Waals surface area contributed by atoms with Crippen LogP contribution in [0.2, 0.25) is 0 Å². The summed E-state index contributed by atoms with van der Waals surface area (Å²) in [7, 11) is 1.99. The van der Waals surface area contributed by atoms with Gasteiger partial charge in [-0.1, -0.05) is 13.0 Å². The van der Waals surface area contributed by atoms with Crippen LogP contribution in [0.1, 0.15) is 18.1 Å². The molecule has 0 saturated carbocycles. The van der Waals surface area contributed by atoms with Gasteiger partial charge in [0.1, 0.15) is 11.3 Å². The zero-order chi connectivity index (χ0) is 17.2. The van der Waals surface area contributed by atoms with Gasteiger partial charge in [-0.05, 0) is 35.1 Å². The monoisotopic (exact) mass is 349 g/mol. The largest absolute Gasteiger partial charge is 0.366 e. The molecule has 6 heteroatoms. The van der Waals surface area contributed by atoms with Gasteiger partial charge >= 0.3 is 0 Å². The Labute approximate surface area is 150 Å². The highest BCUT2D eigenvalue weighted by Gasteiger charge is 2.08. The van der Waals surface area contributed by atoms with Crippen LogP contribution in [0.4, 0.5) is 5.82 Å². The van der Waals surface area contributed by atoms with Gasteiger partial charge in [0, 0.05) is 25.9 Å². The van der Waals surface area contributed by atoms with Gasteiger partial charge in [0.2, 0.25) is 0 Å². The molecular weight excluding hydrogens is 330 g/mol. The first-order valence-corrected chi connectivity index (χ1v) is 9.15. The predicted molar refractivity (Wildman–Crippen MR) is 103 cm³/mol. The Morgan fingerprint density at radius 3 is 2.84 bits per heavy atom. The van der Waals surface area contributed by atoms with E-state index in [0.717, 1.165) is 29.0 Å². The number of imidazole rings is 1. The Kier molecular flexibility index (Phi) is 4.19. The maximum atomic E-state index is 4.63. The van der Waals surface area contributed by atoms with E-state index in [9.17, 15) is 0 Å². The van der Waals surface area contributed by atoms with E-state index >= 15 is 0 Å². The molecule has 0 aliphatic heterocycles. The van der Waals surface area contributed by atoms with Crippen LogP contribution < -0.4 is 5.32 Å². The van der Waals surface area contributed by atoms with Crippen molar-refractivity contribution in [1.29, 1.82) is 0 Å². The fraction of sp³-hybridized carbons (Fsp3) is 0.211. The molecule has 126 valence electrons. The van der Waals surface area contributed by atoms with Crippen molar-refractivity contribution in [1.82, 2.24) is 19.5 Å². The van der Waals surface area contributed by atoms with Crippen molar-refractivity contribution >= 4 is 28.2 Å². The number of rotatable bonds is 5. The molecule has 0 amide bonds. The molecule has 4 heterocycles. The average molecular weight is 349 g/mol.